The summed E-state index contributed by atoms with van der Waals surface area (Å²) in [4.78, 5) is 0. The minimum atomic E-state index is -0.0530. The van der Waals surface area contributed by atoms with E-state index < -0.39 is 0 Å². The maximum atomic E-state index is 6.59. The molecule has 3 heteroatoms. The lowest BCUT2D eigenvalue weighted by Gasteiger charge is -2.16. The molecule has 0 aromatic heterocycles. The first kappa shape index (κ1) is 20.2. The van der Waals surface area contributed by atoms with E-state index in [2.05, 4.69) is 67.6 Å². The molecule has 4 aromatic rings. The molecule has 160 valence electrons. The van der Waals surface area contributed by atoms with Crippen LogP contribution in [0.2, 0.25) is 0 Å². The third-order valence-electron chi connectivity index (χ3n) is 6.06. The first-order chi connectivity index (χ1) is 15.7. The molecular weight excluding hydrogens is 396 g/mol. The Balaban J connectivity index is 1.51. The Morgan fingerprint density at radius 2 is 1.47 bits per heavy atom. The number of methoxy groups -OCH3 is 1. The van der Waals surface area contributed by atoms with Crippen LogP contribution >= 0.6 is 0 Å². The second kappa shape index (κ2) is 8.80. The third-order valence-corrected chi connectivity index (χ3v) is 6.06. The third kappa shape index (κ3) is 3.94. The summed E-state index contributed by atoms with van der Waals surface area (Å²) in [5.41, 5.74) is 5.65. The van der Waals surface area contributed by atoms with Crippen LogP contribution in [0, 0.1) is 0 Å². The largest absolute Gasteiger partial charge is 0.497 e. The molecule has 0 unspecified atom stereocenters. The van der Waals surface area contributed by atoms with Crippen molar-refractivity contribution in [3.05, 3.63) is 114 Å². The normalized spacial score (nSPS) is 16.8. The van der Waals surface area contributed by atoms with Crippen LogP contribution in [0.3, 0.4) is 0 Å². The maximum absolute atomic E-state index is 6.59. The highest BCUT2D eigenvalue weighted by Crippen LogP contribution is 2.51. The summed E-state index contributed by atoms with van der Waals surface area (Å²) in [5.74, 6) is 2.84. The van der Waals surface area contributed by atoms with E-state index in [1.807, 2.05) is 36.4 Å². The van der Waals surface area contributed by atoms with Gasteiger partial charge in [0.15, 0.2) is 0 Å². The zero-order valence-electron chi connectivity index (χ0n) is 18.3. The standard InChI is InChI=1S/C29H26O3/c1-20-26-17-25(31-19-21-9-5-3-6-10-21)18-27(22-11-7-4-8-12-22)29(26)32-28(20)23-13-15-24(30-2)16-14-23/h3-18,20,28H,19H2,1-2H3/t20-,28-/m0/s1. The molecule has 1 aliphatic rings. The van der Waals surface area contributed by atoms with Gasteiger partial charge >= 0.3 is 0 Å². The van der Waals surface area contributed by atoms with Crippen LogP contribution in [-0.2, 0) is 6.61 Å². The predicted octanol–water partition coefficient (Wildman–Crippen LogP) is 7.18. The van der Waals surface area contributed by atoms with Gasteiger partial charge in [0, 0.05) is 17.0 Å². The van der Waals surface area contributed by atoms with E-state index in [9.17, 15) is 0 Å². The highest BCUT2D eigenvalue weighted by Gasteiger charge is 2.35. The molecule has 3 nitrogen and oxygen atoms in total. The van der Waals surface area contributed by atoms with E-state index >= 15 is 0 Å². The van der Waals surface area contributed by atoms with E-state index in [1.54, 1.807) is 7.11 Å². The Kier molecular flexibility index (Phi) is 5.55. The number of rotatable bonds is 6. The fraction of sp³-hybridized carbons (Fsp3) is 0.172. The molecule has 0 aliphatic carbocycles. The Hall–Kier alpha value is -3.72. The maximum Gasteiger partial charge on any atom is 0.131 e. The van der Waals surface area contributed by atoms with E-state index in [0.717, 1.165) is 39.5 Å². The predicted molar refractivity (Wildman–Crippen MR) is 127 cm³/mol. The quantitative estimate of drug-likeness (QED) is 0.329. The minimum absolute atomic E-state index is 0.0530. The Morgan fingerprint density at radius 1 is 0.781 bits per heavy atom. The monoisotopic (exact) mass is 422 g/mol. The summed E-state index contributed by atoms with van der Waals surface area (Å²) in [6.45, 7) is 2.75. The number of ether oxygens (including phenoxy) is 3. The topological polar surface area (TPSA) is 27.7 Å². The average Bonchev–Trinajstić information content (AvgIpc) is 3.20. The van der Waals surface area contributed by atoms with Crippen LogP contribution < -0.4 is 14.2 Å². The molecule has 0 saturated carbocycles. The molecule has 0 spiro atoms. The van der Waals surface area contributed by atoms with Crippen molar-refractivity contribution in [2.75, 3.05) is 7.11 Å². The van der Waals surface area contributed by atoms with Gasteiger partial charge in [0.1, 0.15) is 30.0 Å². The van der Waals surface area contributed by atoms with Gasteiger partial charge in [0.05, 0.1) is 7.11 Å². The van der Waals surface area contributed by atoms with Crippen LogP contribution in [0.25, 0.3) is 11.1 Å². The van der Waals surface area contributed by atoms with Gasteiger partial charge in [-0.25, -0.2) is 0 Å². The molecule has 5 rings (SSSR count). The highest BCUT2D eigenvalue weighted by atomic mass is 16.5. The molecule has 0 N–H and O–H groups in total. The van der Waals surface area contributed by atoms with Crippen LogP contribution in [0.5, 0.6) is 17.2 Å². The van der Waals surface area contributed by atoms with Gasteiger partial charge in [0.25, 0.3) is 0 Å². The fourth-order valence-electron chi connectivity index (χ4n) is 4.29. The Bertz CT molecular complexity index is 1180. The molecule has 0 radical (unpaired) electrons. The van der Waals surface area contributed by atoms with Crippen molar-refractivity contribution in [3.8, 4) is 28.4 Å². The highest BCUT2D eigenvalue weighted by molar-refractivity contribution is 5.75. The van der Waals surface area contributed by atoms with E-state index in [4.69, 9.17) is 14.2 Å². The molecule has 0 bridgehead atoms. The first-order valence-electron chi connectivity index (χ1n) is 10.9. The van der Waals surface area contributed by atoms with Gasteiger partial charge in [-0.05, 0) is 41.0 Å². The van der Waals surface area contributed by atoms with Gasteiger partial charge in [-0.15, -0.1) is 0 Å². The van der Waals surface area contributed by atoms with Gasteiger partial charge < -0.3 is 14.2 Å². The minimum Gasteiger partial charge on any atom is -0.497 e. The summed E-state index contributed by atoms with van der Waals surface area (Å²) in [5, 5.41) is 0. The second-order valence-corrected chi connectivity index (χ2v) is 8.13. The van der Waals surface area contributed by atoms with E-state index in [-0.39, 0.29) is 12.0 Å². The lowest BCUT2D eigenvalue weighted by molar-refractivity contribution is 0.216. The summed E-state index contributed by atoms with van der Waals surface area (Å²) in [7, 11) is 1.68. The molecule has 32 heavy (non-hydrogen) atoms. The van der Waals surface area contributed by atoms with Crippen molar-refractivity contribution < 1.29 is 14.2 Å². The molecule has 0 amide bonds. The zero-order valence-corrected chi connectivity index (χ0v) is 18.3. The van der Waals surface area contributed by atoms with E-state index in [0.29, 0.717) is 6.61 Å². The zero-order chi connectivity index (χ0) is 21.9. The van der Waals surface area contributed by atoms with Crippen molar-refractivity contribution in [3.63, 3.8) is 0 Å². The second-order valence-electron chi connectivity index (χ2n) is 8.13. The van der Waals surface area contributed by atoms with Crippen LogP contribution in [0.4, 0.5) is 0 Å². The number of fused-ring (bicyclic) bond motifs is 1. The van der Waals surface area contributed by atoms with Crippen molar-refractivity contribution in [2.45, 2.75) is 25.6 Å². The number of benzene rings is 4. The van der Waals surface area contributed by atoms with Crippen molar-refractivity contribution in [2.24, 2.45) is 0 Å². The Morgan fingerprint density at radius 3 is 2.16 bits per heavy atom. The van der Waals surface area contributed by atoms with Crippen molar-refractivity contribution in [1.82, 2.24) is 0 Å². The molecular formula is C29H26O3. The number of hydrogen-bond donors (Lipinski definition) is 0. The van der Waals surface area contributed by atoms with Crippen LogP contribution in [0.1, 0.15) is 35.6 Å². The van der Waals surface area contributed by atoms with Gasteiger partial charge in [0.2, 0.25) is 0 Å². The van der Waals surface area contributed by atoms with Gasteiger partial charge in [-0.2, -0.15) is 0 Å². The van der Waals surface area contributed by atoms with Gasteiger partial charge in [-0.3, -0.25) is 0 Å². The van der Waals surface area contributed by atoms with Crippen molar-refractivity contribution in [1.29, 1.82) is 0 Å². The fourth-order valence-corrected chi connectivity index (χ4v) is 4.29. The summed E-state index contributed by atoms with van der Waals surface area (Å²) < 4.78 is 18.1. The lowest BCUT2D eigenvalue weighted by atomic mass is 9.91. The number of hydrogen-bond acceptors (Lipinski definition) is 3. The Labute approximate surface area is 189 Å². The molecule has 1 heterocycles. The van der Waals surface area contributed by atoms with Crippen LogP contribution in [0.15, 0.2) is 97.1 Å². The first-order valence-corrected chi connectivity index (χ1v) is 10.9. The smallest absolute Gasteiger partial charge is 0.131 e. The summed E-state index contributed by atoms with van der Waals surface area (Å²) in [6, 6.07) is 33.0. The molecule has 2 atom stereocenters. The van der Waals surface area contributed by atoms with Crippen LogP contribution in [-0.4, -0.2) is 7.11 Å². The summed E-state index contributed by atoms with van der Waals surface area (Å²) >= 11 is 0. The summed E-state index contributed by atoms with van der Waals surface area (Å²) in [6.07, 6.45) is -0.0530. The molecule has 0 fully saturated rings. The average molecular weight is 423 g/mol. The van der Waals surface area contributed by atoms with Gasteiger partial charge in [-0.1, -0.05) is 79.7 Å². The SMILES string of the molecule is COc1ccc([C@H]2Oc3c(-c4ccccc4)cc(OCc4ccccc4)cc3[C@@H]2C)cc1. The lowest BCUT2D eigenvalue weighted by Crippen LogP contribution is -2.07. The molecule has 4 aromatic carbocycles. The molecule has 0 saturated heterocycles. The van der Waals surface area contributed by atoms with Crippen molar-refractivity contribution >= 4 is 0 Å². The molecule has 1 aliphatic heterocycles. The van der Waals surface area contributed by atoms with E-state index in [1.165, 1.54) is 5.56 Å².